The first-order valence-corrected chi connectivity index (χ1v) is 23.3. The van der Waals surface area contributed by atoms with Crippen LogP contribution in [-0.4, -0.2) is 4.98 Å². The van der Waals surface area contributed by atoms with Crippen molar-refractivity contribution in [2.45, 2.75) is 31.1 Å². The third-order valence-corrected chi connectivity index (χ3v) is 14.9. The number of rotatable bonds is 9. The zero-order valence-electron chi connectivity index (χ0n) is 36.0. The van der Waals surface area contributed by atoms with E-state index in [4.69, 9.17) is 4.98 Å². The van der Waals surface area contributed by atoms with Gasteiger partial charge in [-0.1, -0.05) is 147 Å². The van der Waals surface area contributed by atoms with Crippen molar-refractivity contribution >= 4 is 83.1 Å². The molecule has 0 N–H and O–H groups in total. The zero-order chi connectivity index (χ0) is 43.4. The minimum Gasteiger partial charge on any atom is -0.310 e. The summed E-state index contributed by atoms with van der Waals surface area (Å²) in [5.74, 6) is 0. The normalized spacial score (nSPS) is 12.8. The molecule has 0 saturated heterocycles. The van der Waals surface area contributed by atoms with E-state index in [1.54, 1.807) is 23.1 Å². The first kappa shape index (κ1) is 39.7. The molecular formula is C59H45N3S2. The maximum atomic E-state index is 4.93. The molecular weight excluding hydrogens is 815 g/mol. The highest BCUT2D eigenvalue weighted by atomic mass is 32.2. The van der Waals surface area contributed by atoms with Crippen LogP contribution in [0.25, 0.3) is 47.6 Å². The van der Waals surface area contributed by atoms with Crippen LogP contribution in [0.4, 0.5) is 34.1 Å². The number of thioether (sulfide) groups is 1. The zero-order valence-corrected chi connectivity index (χ0v) is 37.6. The molecule has 64 heavy (non-hydrogen) atoms. The summed E-state index contributed by atoms with van der Waals surface area (Å²) in [5, 5.41) is 3.44. The predicted molar refractivity (Wildman–Crippen MR) is 276 cm³/mol. The Morgan fingerprint density at radius 2 is 1.22 bits per heavy atom. The number of thiazole rings is 1. The highest BCUT2D eigenvalue weighted by Crippen LogP contribution is 2.53. The Balaban J connectivity index is 0.919. The lowest BCUT2D eigenvalue weighted by molar-refractivity contribution is 0.631. The number of hydrogen-bond donors (Lipinski definition) is 0. The van der Waals surface area contributed by atoms with E-state index in [9.17, 15) is 0 Å². The monoisotopic (exact) mass is 859 g/mol. The third-order valence-electron chi connectivity index (χ3n) is 12.6. The van der Waals surface area contributed by atoms with Crippen molar-refractivity contribution in [2.75, 3.05) is 9.80 Å². The number of para-hydroxylation sites is 2. The molecule has 3 nitrogen and oxygen atoms in total. The maximum Gasteiger partial charge on any atom is 0.124 e. The summed E-state index contributed by atoms with van der Waals surface area (Å²) in [6.45, 7) is 11.4. The summed E-state index contributed by atoms with van der Waals surface area (Å²) in [7, 11) is 0. The molecule has 0 amide bonds. The largest absolute Gasteiger partial charge is 0.310 e. The van der Waals surface area contributed by atoms with Crippen LogP contribution in [0.2, 0.25) is 0 Å². The molecule has 11 rings (SSSR count). The van der Waals surface area contributed by atoms with Gasteiger partial charge in [0.1, 0.15) is 5.01 Å². The quantitative estimate of drug-likeness (QED) is 0.135. The number of nitrogens with zero attached hydrogens (tertiary/aromatic N) is 3. The fourth-order valence-corrected chi connectivity index (χ4v) is 11.1. The number of aryl methyl sites for hydroxylation is 1. The van der Waals surface area contributed by atoms with Crippen molar-refractivity contribution in [1.29, 1.82) is 0 Å². The molecule has 5 heteroatoms. The van der Waals surface area contributed by atoms with Crippen molar-refractivity contribution < 1.29 is 0 Å². The molecule has 0 atom stereocenters. The van der Waals surface area contributed by atoms with Gasteiger partial charge in [0, 0.05) is 43.2 Å². The van der Waals surface area contributed by atoms with Crippen LogP contribution >= 0.6 is 23.1 Å². The Morgan fingerprint density at radius 1 is 0.594 bits per heavy atom. The highest BCUT2D eigenvalue weighted by Gasteiger charge is 2.37. The third kappa shape index (κ3) is 7.07. The summed E-state index contributed by atoms with van der Waals surface area (Å²) in [5.41, 5.74) is 16.1. The van der Waals surface area contributed by atoms with Gasteiger partial charge in [0.2, 0.25) is 0 Å². The van der Waals surface area contributed by atoms with E-state index in [0.717, 1.165) is 60.4 Å². The summed E-state index contributed by atoms with van der Waals surface area (Å²) >= 11 is 3.48. The predicted octanol–water partition coefficient (Wildman–Crippen LogP) is 17.4. The van der Waals surface area contributed by atoms with E-state index in [1.165, 1.54) is 48.4 Å². The first-order valence-electron chi connectivity index (χ1n) is 21.7. The second-order valence-corrected chi connectivity index (χ2v) is 19.1. The van der Waals surface area contributed by atoms with E-state index in [-0.39, 0.29) is 5.41 Å². The van der Waals surface area contributed by atoms with Gasteiger partial charge in [-0.15, -0.1) is 11.3 Å². The Hall–Kier alpha value is -7.18. The van der Waals surface area contributed by atoms with Crippen LogP contribution in [0.3, 0.4) is 0 Å². The lowest BCUT2D eigenvalue weighted by Gasteiger charge is -2.42. The molecule has 9 aromatic carbocycles. The molecule has 1 aliphatic rings. The number of benzene rings is 9. The molecule has 1 aromatic heterocycles. The van der Waals surface area contributed by atoms with E-state index in [1.807, 2.05) is 6.07 Å². The van der Waals surface area contributed by atoms with Crippen LogP contribution in [0, 0.1) is 6.92 Å². The topological polar surface area (TPSA) is 19.4 Å². The average molecular weight is 860 g/mol. The molecule has 0 saturated carbocycles. The van der Waals surface area contributed by atoms with Crippen molar-refractivity contribution in [2.24, 2.45) is 0 Å². The Morgan fingerprint density at radius 3 is 1.98 bits per heavy atom. The SMILES string of the molecule is C=C(Sc1ccccc1C)c1ccc2c(c1)C(C)(C)c1ccccc1N2c1ccc(-c2ccc(N(c3ccc(-c4nc5ccccc5s4)cc3)c3cccc4ccccc34)cc2)cc1. The number of aromatic nitrogens is 1. The molecule has 0 fully saturated rings. The van der Waals surface area contributed by atoms with Crippen LogP contribution in [-0.2, 0) is 5.41 Å². The van der Waals surface area contributed by atoms with Gasteiger partial charge in [0.05, 0.1) is 27.3 Å². The van der Waals surface area contributed by atoms with Gasteiger partial charge in [-0.3, -0.25) is 0 Å². The van der Waals surface area contributed by atoms with Crippen molar-refractivity contribution in [3.05, 3.63) is 235 Å². The fraction of sp³-hybridized carbons (Fsp3) is 0.0678. The van der Waals surface area contributed by atoms with E-state index in [2.05, 4.69) is 237 Å². The smallest absolute Gasteiger partial charge is 0.124 e. The van der Waals surface area contributed by atoms with Gasteiger partial charge in [-0.05, 0) is 137 Å². The van der Waals surface area contributed by atoms with Gasteiger partial charge >= 0.3 is 0 Å². The molecule has 308 valence electrons. The van der Waals surface area contributed by atoms with Crippen molar-refractivity contribution in [1.82, 2.24) is 4.98 Å². The lowest BCUT2D eigenvalue weighted by atomic mass is 9.73. The van der Waals surface area contributed by atoms with Gasteiger partial charge < -0.3 is 9.80 Å². The molecule has 2 heterocycles. The van der Waals surface area contributed by atoms with Gasteiger partial charge in [-0.2, -0.15) is 0 Å². The standard InChI is InChI=1S/C59H45N3S2/c1-39-14-5-11-22-56(39)63-40(2)45-30-37-55-51(38-45)59(3,4)50-18-8-10-20-54(50)62(55)48-33-26-42(27-34-48)41-24-31-46(32-25-41)61(53-21-13-16-43-15-6-7-17-49(43)53)47-35-28-44(29-36-47)58-60-52-19-9-12-23-57(52)64-58/h5-38H,2H2,1,3-4H3. The van der Waals surface area contributed by atoms with Gasteiger partial charge in [0.25, 0.3) is 0 Å². The minimum atomic E-state index is -0.202. The Labute approximate surface area is 383 Å². The lowest BCUT2D eigenvalue weighted by Crippen LogP contribution is -2.30. The molecule has 0 radical (unpaired) electrons. The second-order valence-electron chi connectivity index (χ2n) is 17.0. The van der Waals surface area contributed by atoms with Crippen LogP contribution in [0.15, 0.2) is 218 Å². The summed E-state index contributed by atoms with van der Waals surface area (Å²) in [6, 6.07) is 74.6. The Bertz CT molecular complexity index is 3330. The fourth-order valence-electron chi connectivity index (χ4n) is 9.20. The van der Waals surface area contributed by atoms with Gasteiger partial charge in [0.15, 0.2) is 0 Å². The van der Waals surface area contributed by atoms with Crippen molar-refractivity contribution in [3.63, 3.8) is 0 Å². The van der Waals surface area contributed by atoms with Crippen molar-refractivity contribution in [3.8, 4) is 21.7 Å². The number of hydrogen-bond acceptors (Lipinski definition) is 5. The van der Waals surface area contributed by atoms with E-state index < -0.39 is 0 Å². The molecule has 1 aliphatic heterocycles. The molecule has 0 unspecified atom stereocenters. The molecule has 0 spiro atoms. The molecule has 0 aliphatic carbocycles. The number of fused-ring (bicyclic) bond motifs is 4. The summed E-state index contributed by atoms with van der Waals surface area (Å²) in [6.07, 6.45) is 0. The van der Waals surface area contributed by atoms with Crippen LogP contribution in [0.1, 0.15) is 36.1 Å². The highest BCUT2D eigenvalue weighted by molar-refractivity contribution is 8.08. The van der Waals surface area contributed by atoms with E-state index in [0.29, 0.717) is 0 Å². The van der Waals surface area contributed by atoms with Crippen LogP contribution in [0.5, 0.6) is 0 Å². The summed E-state index contributed by atoms with van der Waals surface area (Å²) in [4.78, 5) is 12.0. The minimum absolute atomic E-state index is 0.202. The second kappa shape index (κ2) is 16.2. The van der Waals surface area contributed by atoms with Gasteiger partial charge in [-0.25, -0.2) is 4.98 Å². The molecule has 10 aromatic rings. The van der Waals surface area contributed by atoms with E-state index >= 15 is 0 Å². The van der Waals surface area contributed by atoms with Crippen LogP contribution < -0.4 is 9.80 Å². The molecule has 0 bridgehead atoms. The average Bonchev–Trinajstić information content (AvgIpc) is 3.78. The first-order chi connectivity index (χ1) is 31.3. The Kier molecular flexibility index (Phi) is 10.0. The number of anilines is 6. The summed E-state index contributed by atoms with van der Waals surface area (Å²) < 4.78 is 1.20. The maximum absolute atomic E-state index is 4.93.